The molecule has 0 fully saturated rings. The van der Waals surface area contributed by atoms with Crippen LogP contribution in [0, 0.1) is 5.82 Å². The Kier molecular flexibility index (Phi) is 6.07. The molecule has 0 aliphatic carbocycles. The van der Waals surface area contributed by atoms with Gasteiger partial charge >= 0.3 is 12.0 Å². The predicted octanol–water partition coefficient (Wildman–Crippen LogP) is 3.34. The number of imide groups is 1. The van der Waals surface area contributed by atoms with E-state index in [9.17, 15) is 18.8 Å². The molecule has 7 nitrogen and oxygen atoms in total. The average Bonchev–Trinajstić information content (AvgIpc) is 3.09. The molecule has 1 heterocycles. The third kappa shape index (κ3) is 5.21. The minimum absolute atomic E-state index is 0.0800. The molecule has 0 saturated heterocycles. The Balaban J connectivity index is 1.45. The number of ether oxygens (including phenoxy) is 1. The molecule has 3 rings (SSSR count). The van der Waals surface area contributed by atoms with E-state index in [-0.39, 0.29) is 5.69 Å². The number of halogens is 1. The van der Waals surface area contributed by atoms with Gasteiger partial charge in [0.2, 0.25) is 0 Å². The fourth-order valence-corrected chi connectivity index (χ4v) is 3.03. The first kappa shape index (κ1) is 19.2. The number of urea groups is 1. The number of nitrogens with one attached hydrogen (secondary N) is 2. The van der Waals surface area contributed by atoms with Crippen molar-refractivity contribution >= 4 is 51.2 Å². The summed E-state index contributed by atoms with van der Waals surface area (Å²) in [6, 6.07) is 12.1. The first-order valence-electron chi connectivity index (χ1n) is 8.07. The van der Waals surface area contributed by atoms with Crippen LogP contribution in [0.5, 0.6) is 0 Å². The molecule has 3 amide bonds. The van der Waals surface area contributed by atoms with Crippen molar-refractivity contribution < 1.29 is 23.5 Å². The van der Waals surface area contributed by atoms with Crippen LogP contribution in [0.1, 0.15) is 5.01 Å². The topological polar surface area (TPSA) is 97.4 Å². The van der Waals surface area contributed by atoms with Crippen LogP contribution < -0.4 is 10.6 Å². The highest BCUT2D eigenvalue weighted by Gasteiger charge is 2.11. The van der Waals surface area contributed by atoms with Gasteiger partial charge in [-0.25, -0.2) is 19.0 Å². The van der Waals surface area contributed by atoms with Gasteiger partial charge in [0.1, 0.15) is 10.8 Å². The van der Waals surface area contributed by atoms with Crippen LogP contribution in [-0.4, -0.2) is 29.5 Å². The molecule has 0 aliphatic heterocycles. The average molecular weight is 399 g/mol. The number of anilines is 1. The van der Waals surface area contributed by atoms with Crippen LogP contribution in [-0.2, 0) is 14.3 Å². The number of thiazole rings is 1. The summed E-state index contributed by atoms with van der Waals surface area (Å²) in [6.45, 7) is -0.659. The molecule has 0 bridgehead atoms. The van der Waals surface area contributed by atoms with Gasteiger partial charge in [-0.1, -0.05) is 24.3 Å². The number of fused-ring (bicyclic) bond motifs is 1. The summed E-state index contributed by atoms with van der Waals surface area (Å²) in [5, 5.41) is 4.73. The number of carbonyl (C=O) groups is 3. The van der Waals surface area contributed by atoms with E-state index in [0.29, 0.717) is 5.01 Å². The summed E-state index contributed by atoms with van der Waals surface area (Å²) in [5.41, 5.74) is 0.740. The third-order valence-corrected chi connectivity index (χ3v) is 4.39. The number of nitrogens with zero attached hydrogens (tertiary/aromatic N) is 1. The molecule has 0 spiro atoms. The highest BCUT2D eigenvalue weighted by molar-refractivity contribution is 7.19. The molecule has 0 aliphatic rings. The Labute approximate surface area is 162 Å². The number of hydrogen-bond acceptors (Lipinski definition) is 6. The minimum Gasteiger partial charge on any atom is -0.452 e. The molecule has 0 radical (unpaired) electrons. The normalized spacial score (nSPS) is 10.8. The fourth-order valence-electron chi connectivity index (χ4n) is 2.16. The molecule has 0 atom stereocenters. The molecule has 2 aromatic carbocycles. The highest BCUT2D eigenvalue weighted by Crippen LogP contribution is 2.22. The smallest absolute Gasteiger partial charge is 0.331 e. The van der Waals surface area contributed by atoms with E-state index in [2.05, 4.69) is 10.3 Å². The Morgan fingerprint density at radius 3 is 2.64 bits per heavy atom. The Bertz CT molecular complexity index is 1030. The second-order valence-electron chi connectivity index (χ2n) is 5.44. The molecule has 3 aromatic rings. The molecule has 2 N–H and O–H groups in total. The Hall–Kier alpha value is -3.59. The number of para-hydroxylation sites is 2. The van der Waals surface area contributed by atoms with Gasteiger partial charge in [-0.15, -0.1) is 11.3 Å². The molecule has 9 heteroatoms. The van der Waals surface area contributed by atoms with Crippen molar-refractivity contribution in [1.82, 2.24) is 10.3 Å². The minimum atomic E-state index is -0.934. The monoisotopic (exact) mass is 399 g/mol. The molecule has 0 unspecified atom stereocenters. The van der Waals surface area contributed by atoms with Crippen LogP contribution in [0.15, 0.2) is 54.6 Å². The van der Waals surface area contributed by atoms with Gasteiger partial charge in [-0.3, -0.25) is 10.1 Å². The van der Waals surface area contributed by atoms with E-state index in [1.807, 2.05) is 29.6 Å². The molecule has 142 valence electrons. The van der Waals surface area contributed by atoms with Crippen molar-refractivity contribution in [2.45, 2.75) is 0 Å². The largest absolute Gasteiger partial charge is 0.452 e. The first-order chi connectivity index (χ1) is 13.5. The van der Waals surface area contributed by atoms with Crippen LogP contribution in [0.3, 0.4) is 0 Å². The number of hydrogen-bond donors (Lipinski definition) is 2. The standard InChI is InChI=1S/C19H14FN3O4S/c20-12-5-1-2-6-13(12)22-19(26)23-16(24)11-27-18(25)10-9-17-21-14-7-3-4-8-15(14)28-17/h1-10H,11H2,(H2,22,23,24,26)/b10-9+. The summed E-state index contributed by atoms with van der Waals surface area (Å²) in [7, 11) is 0. The molecular formula is C19H14FN3O4S. The van der Waals surface area contributed by atoms with Crippen molar-refractivity contribution in [2.24, 2.45) is 0 Å². The predicted molar refractivity (Wildman–Crippen MR) is 103 cm³/mol. The Morgan fingerprint density at radius 2 is 1.86 bits per heavy atom. The van der Waals surface area contributed by atoms with Gasteiger partial charge in [0.05, 0.1) is 15.9 Å². The van der Waals surface area contributed by atoms with Crippen molar-refractivity contribution in [2.75, 3.05) is 11.9 Å². The van der Waals surface area contributed by atoms with Gasteiger partial charge < -0.3 is 10.1 Å². The van der Waals surface area contributed by atoms with Gasteiger partial charge in [-0.2, -0.15) is 0 Å². The summed E-state index contributed by atoms with van der Waals surface area (Å²) in [5.74, 6) is -2.25. The van der Waals surface area contributed by atoms with E-state index >= 15 is 0 Å². The van der Waals surface area contributed by atoms with Crippen molar-refractivity contribution in [3.63, 3.8) is 0 Å². The van der Waals surface area contributed by atoms with Gasteiger partial charge in [0.15, 0.2) is 6.61 Å². The first-order valence-corrected chi connectivity index (χ1v) is 8.89. The maximum absolute atomic E-state index is 13.4. The van der Waals surface area contributed by atoms with Gasteiger partial charge in [-0.05, 0) is 30.3 Å². The van der Waals surface area contributed by atoms with Crippen molar-refractivity contribution in [3.05, 3.63) is 65.4 Å². The lowest BCUT2D eigenvalue weighted by Gasteiger charge is -2.07. The van der Waals surface area contributed by atoms with E-state index < -0.39 is 30.3 Å². The molecule has 0 saturated carbocycles. The highest BCUT2D eigenvalue weighted by atomic mass is 32.1. The van der Waals surface area contributed by atoms with Crippen molar-refractivity contribution in [1.29, 1.82) is 0 Å². The number of carbonyl (C=O) groups excluding carboxylic acids is 3. The van der Waals surface area contributed by atoms with Crippen LogP contribution in [0.4, 0.5) is 14.9 Å². The number of amides is 3. The molecule has 1 aromatic heterocycles. The lowest BCUT2D eigenvalue weighted by atomic mass is 10.3. The quantitative estimate of drug-likeness (QED) is 0.507. The van der Waals surface area contributed by atoms with Crippen LogP contribution in [0.25, 0.3) is 16.3 Å². The van der Waals surface area contributed by atoms with E-state index in [1.54, 1.807) is 0 Å². The van der Waals surface area contributed by atoms with E-state index in [4.69, 9.17) is 4.74 Å². The van der Waals surface area contributed by atoms with Crippen molar-refractivity contribution in [3.8, 4) is 0 Å². The summed E-state index contributed by atoms with van der Waals surface area (Å²) in [6.07, 6.45) is 2.63. The number of aromatic nitrogens is 1. The number of rotatable bonds is 5. The van der Waals surface area contributed by atoms with Gasteiger partial charge in [0, 0.05) is 6.08 Å². The van der Waals surface area contributed by atoms with E-state index in [0.717, 1.165) is 22.4 Å². The zero-order valence-corrected chi connectivity index (χ0v) is 15.2. The summed E-state index contributed by atoms with van der Waals surface area (Å²) in [4.78, 5) is 39.3. The van der Waals surface area contributed by atoms with Gasteiger partial charge in [0.25, 0.3) is 5.91 Å². The zero-order chi connectivity index (χ0) is 19.9. The fraction of sp³-hybridized carbons (Fsp3) is 0.0526. The molecular weight excluding hydrogens is 385 g/mol. The Morgan fingerprint density at radius 1 is 1.11 bits per heavy atom. The number of benzene rings is 2. The second-order valence-corrected chi connectivity index (χ2v) is 6.51. The summed E-state index contributed by atoms with van der Waals surface area (Å²) >= 11 is 1.41. The number of esters is 1. The third-order valence-electron chi connectivity index (χ3n) is 3.39. The SMILES string of the molecule is O=C(COC(=O)/C=C/c1nc2ccccc2s1)NC(=O)Nc1ccccc1F. The van der Waals surface area contributed by atoms with Crippen LogP contribution >= 0.6 is 11.3 Å². The zero-order valence-electron chi connectivity index (χ0n) is 14.3. The maximum atomic E-state index is 13.4. The molecule has 28 heavy (non-hydrogen) atoms. The summed E-state index contributed by atoms with van der Waals surface area (Å²) < 4.78 is 19.2. The maximum Gasteiger partial charge on any atom is 0.331 e. The van der Waals surface area contributed by atoms with E-state index in [1.165, 1.54) is 35.6 Å². The van der Waals surface area contributed by atoms with Crippen LogP contribution in [0.2, 0.25) is 0 Å². The lowest BCUT2D eigenvalue weighted by molar-refractivity contribution is -0.143. The second kappa shape index (κ2) is 8.87. The lowest BCUT2D eigenvalue weighted by Crippen LogP contribution is -2.37.